The Bertz CT molecular complexity index is 286. The first kappa shape index (κ1) is 14.9. The smallest absolute Gasteiger partial charge is 0.00683 e. The largest absolute Gasteiger partial charge is 0.314 e. The van der Waals surface area contributed by atoms with E-state index >= 15 is 0 Å². The molecule has 3 rings (SSSR count). The summed E-state index contributed by atoms with van der Waals surface area (Å²) in [6.45, 7) is 6.22. The predicted molar refractivity (Wildman–Crippen MR) is 86.8 cm³/mol. The standard InChI is InChI=1S/C19H35N/c1-14(2)16-7-8-17(13-20-19-9-10-19)18(12-16)11-15-5-3-4-6-15/h14-20H,3-13H2,1-2H3. The SMILES string of the molecule is CC(C)C1CCC(CNC2CC2)C(CC2CCCC2)C1. The molecule has 0 amide bonds. The molecule has 0 aromatic heterocycles. The Labute approximate surface area is 126 Å². The van der Waals surface area contributed by atoms with Gasteiger partial charge in [0, 0.05) is 6.04 Å². The molecule has 0 spiro atoms. The van der Waals surface area contributed by atoms with Gasteiger partial charge >= 0.3 is 0 Å². The predicted octanol–water partition coefficient (Wildman–Crippen LogP) is 5.01. The molecular weight excluding hydrogens is 242 g/mol. The van der Waals surface area contributed by atoms with Gasteiger partial charge in [-0.25, -0.2) is 0 Å². The zero-order valence-corrected chi connectivity index (χ0v) is 13.7. The van der Waals surface area contributed by atoms with E-state index < -0.39 is 0 Å². The second-order valence-corrected chi connectivity index (χ2v) is 8.41. The van der Waals surface area contributed by atoms with Crippen LogP contribution in [0.3, 0.4) is 0 Å². The zero-order valence-electron chi connectivity index (χ0n) is 13.7. The van der Waals surface area contributed by atoms with E-state index in [4.69, 9.17) is 0 Å². The van der Waals surface area contributed by atoms with Crippen LogP contribution in [0.2, 0.25) is 0 Å². The van der Waals surface area contributed by atoms with Crippen molar-refractivity contribution in [2.75, 3.05) is 6.54 Å². The van der Waals surface area contributed by atoms with Gasteiger partial charge in [-0.15, -0.1) is 0 Å². The minimum atomic E-state index is 0.893. The van der Waals surface area contributed by atoms with Crippen LogP contribution < -0.4 is 5.32 Å². The highest BCUT2D eigenvalue weighted by Crippen LogP contribution is 2.43. The molecule has 0 radical (unpaired) electrons. The fraction of sp³-hybridized carbons (Fsp3) is 1.00. The van der Waals surface area contributed by atoms with E-state index in [-0.39, 0.29) is 0 Å². The van der Waals surface area contributed by atoms with Gasteiger partial charge < -0.3 is 5.32 Å². The third-order valence-electron chi connectivity index (χ3n) is 6.48. The van der Waals surface area contributed by atoms with Crippen molar-refractivity contribution in [2.24, 2.45) is 29.6 Å². The molecular formula is C19H35N. The van der Waals surface area contributed by atoms with Gasteiger partial charge in [0.25, 0.3) is 0 Å². The maximum atomic E-state index is 3.83. The molecule has 1 N–H and O–H groups in total. The number of rotatable bonds is 6. The molecule has 116 valence electrons. The lowest BCUT2D eigenvalue weighted by Gasteiger charge is -2.39. The molecule has 1 heteroatoms. The molecule has 20 heavy (non-hydrogen) atoms. The summed E-state index contributed by atoms with van der Waals surface area (Å²) < 4.78 is 0. The van der Waals surface area contributed by atoms with Crippen molar-refractivity contribution < 1.29 is 0 Å². The highest BCUT2D eigenvalue weighted by Gasteiger charge is 2.34. The Morgan fingerprint density at radius 2 is 1.65 bits per heavy atom. The van der Waals surface area contributed by atoms with E-state index in [0.29, 0.717) is 0 Å². The Kier molecular flexibility index (Phi) is 5.07. The molecule has 0 saturated heterocycles. The maximum absolute atomic E-state index is 3.83. The van der Waals surface area contributed by atoms with Crippen molar-refractivity contribution in [1.29, 1.82) is 0 Å². The first-order valence-corrected chi connectivity index (χ1v) is 9.45. The molecule has 0 aromatic carbocycles. The molecule has 0 bridgehead atoms. The highest BCUT2D eigenvalue weighted by molar-refractivity contribution is 4.88. The number of hydrogen-bond donors (Lipinski definition) is 1. The maximum Gasteiger partial charge on any atom is 0.00683 e. The third-order valence-corrected chi connectivity index (χ3v) is 6.48. The Morgan fingerprint density at radius 1 is 0.900 bits per heavy atom. The van der Waals surface area contributed by atoms with E-state index in [1.807, 2.05) is 0 Å². The lowest BCUT2D eigenvalue weighted by molar-refractivity contribution is 0.123. The van der Waals surface area contributed by atoms with Crippen molar-refractivity contribution in [3.05, 3.63) is 0 Å². The van der Waals surface area contributed by atoms with Gasteiger partial charge in [0.05, 0.1) is 0 Å². The van der Waals surface area contributed by atoms with Gasteiger partial charge in [-0.05, 0) is 74.7 Å². The minimum Gasteiger partial charge on any atom is -0.314 e. The molecule has 1 nitrogen and oxygen atoms in total. The molecule has 3 aliphatic carbocycles. The Hall–Kier alpha value is -0.0400. The monoisotopic (exact) mass is 277 g/mol. The number of nitrogens with one attached hydrogen (secondary N) is 1. The molecule has 0 aromatic rings. The average molecular weight is 277 g/mol. The first-order valence-electron chi connectivity index (χ1n) is 9.45. The van der Waals surface area contributed by atoms with Crippen LogP contribution in [0.15, 0.2) is 0 Å². The molecule has 3 unspecified atom stereocenters. The van der Waals surface area contributed by atoms with Gasteiger partial charge in [-0.2, -0.15) is 0 Å². The van der Waals surface area contributed by atoms with Crippen molar-refractivity contribution in [3.8, 4) is 0 Å². The summed E-state index contributed by atoms with van der Waals surface area (Å²) in [4.78, 5) is 0. The van der Waals surface area contributed by atoms with Crippen LogP contribution in [0.5, 0.6) is 0 Å². The van der Waals surface area contributed by atoms with E-state index in [2.05, 4.69) is 19.2 Å². The van der Waals surface area contributed by atoms with Gasteiger partial charge in [0.15, 0.2) is 0 Å². The van der Waals surface area contributed by atoms with Crippen LogP contribution in [0, 0.1) is 29.6 Å². The molecule has 0 aliphatic heterocycles. The summed E-state index contributed by atoms with van der Waals surface area (Å²) in [6, 6.07) is 0.893. The fourth-order valence-electron chi connectivity index (χ4n) is 4.81. The molecule has 3 fully saturated rings. The number of hydrogen-bond acceptors (Lipinski definition) is 1. The zero-order chi connectivity index (χ0) is 13.9. The van der Waals surface area contributed by atoms with Crippen molar-refractivity contribution in [2.45, 2.75) is 84.1 Å². The lowest BCUT2D eigenvalue weighted by Crippen LogP contribution is -2.36. The van der Waals surface area contributed by atoms with Crippen LogP contribution in [0.25, 0.3) is 0 Å². The van der Waals surface area contributed by atoms with Gasteiger partial charge in [-0.3, -0.25) is 0 Å². The molecule has 3 saturated carbocycles. The molecule has 0 heterocycles. The summed E-state index contributed by atoms with van der Waals surface area (Å²) in [7, 11) is 0. The fourth-order valence-corrected chi connectivity index (χ4v) is 4.81. The van der Waals surface area contributed by atoms with Crippen molar-refractivity contribution >= 4 is 0 Å². The van der Waals surface area contributed by atoms with E-state index in [1.165, 1.54) is 64.3 Å². The van der Waals surface area contributed by atoms with Crippen LogP contribution in [-0.4, -0.2) is 12.6 Å². The molecule has 3 aliphatic rings. The van der Waals surface area contributed by atoms with Crippen molar-refractivity contribution in [1.82, 2.24) is 5.32 Å². The second kappa shape index (κ2) is 6.81. The Balaban J connectivity index is 1.54. The van der Waals surface area contributed by atoms with Gasteiger partial charge in [-0.1, -0.05) is 39.5 Å². The van der Waals surface area contributed by atoms with Crippen LogP contribution in [0.1, 0.15) is 78.1 Å². The Morgan fingerprint density at radius 3 is 2.30 bits per heavy atom. The van der Waals surface area contributed by atoms with Crippen LogP contribution in [0.4, 0.5) is 0 Å². The quantitative estimate of drug-likeness (QED) is 0.720. The average Bonchev–Trinajstić information content (AvgIpc) is 3.13. The van der Waals surface area contributed by atoms with E-state index in [1.54, 1.807) is 6.42 Å². The normalized spacial score (nSPS) is 35.9. The summed E-state index contributed by atoms with van der Waals surface area (Å²) in [5.74, 6) is 5.02. The second-order valence-electron chi connectivity index (χ2n) is 8.41. The summed E-state index contributed by atoms with van der Waals surface area (Å²) in [6.07, 6.45) is 15.0. The van der Waals surface area contributed by atoms with Crippen LogP contribution in [-0.2, 0) is 0 Å². The highest BCUT2D eigenvalue weighted by atomic mass is 14.9. The first-order chi connectivity index (χ1) is 9.72. The van der Waals surface area contributed by atoms with Gasteiger partial charge in [0.1, 0.15) is 0 Å². The summed E-state index contributed by atoms with van der Waals surface area (Å²) in [5, 5.41) is 3.83. The third kappa shape index (κ3) is 4.00. The van der Waals surface area contributed by atoms with E-state index in [0.717, 1.165) is 35.6 Å². The molecule has 3 atom stereocenters. The summed E-state index contributed by atoms with van der Waals surface area (Å²) in [5.41, 5.74) is 0. The topological polar surface area (TPSA) is 12.0 Å². The van der Waals surface area contributed by atoms with Crippen molar-refractivity contribution in [3.63, 3.8) is 0 Å². The lowest BCUT2D eigenvalue weighted by atomic mass is 9.68. The van der Waals surface area contributed by atoms with E-state index in [9.17, 15) is 0 Å². The van der Waals surface area contributed by atoms with Crippen LogP contribution >= 0.6 is 0 Å². The minimum absolute atomic E-state index is 0.893. The van der Waals surface area contributed by atoms with Gasteiger partial charge in [0.2, 0.25) is 0 Å². The summed E-state index contributed by atoms with van der Waals surface area (Å²) >= 11 is 0.